The second kappa shape index (κ2) is 8.18. The summed E-state index contributed by atoms with van der Waals surface area (Å²) >= 11 is 1.86. The lowest BCUT2D eigenvalue weighted by atomic mass is 10.1. The molecule has 0 aliphatic rings. The van der Waals surface area contributed by atoms with Gasteiger partial charge in [0, 0.05) is 6.54 Å². The van der Waals surface area contributed by atoms with Crippen LogP contribution in [-0.2, 0) is 13.0 Å². The second-order valence-corrected chi connectivity index (χ2v) is 6.11. The van der Waals surface area contributed by atoms with Crippen molar-refractivity contribution >= 4 is 11.3 Å². The number of thiazole rings is 1. The zero-order chi connectivity index (χ0) is 14.2. The first-order valence-corrected chi connectivity index (χ1v) is 8.41. The number of rotatable bonds is 8. The summed E-state index contributed by atoms with van der Waals surface area (Å²) in [5, 5.41) is 4.75. The van der Waals surface area contributed by atoms with Gasteiger partial charge in [0.25, 0.3) is 0 Å². The number of aryl methyl sites for hydroxylation is 1. The molecule has 0 aliphatic carbocycles. The third-order valence-corrected chi connectivity index (χ3v) is 4.45. The van der Waals surface area contributed by atoms with Crippen molar-refractivity contribution in [3.05, 3.63) is 41.0 Å². The number of nitrogens with one attached hydrogen (secondary N) is 1. The molecule has 108 valence electrons. The summed E-state index contributed by atoms with van der Waals surface area (Å²) in [7, 11) is 0. The molecule has 0 saturated heterocycles. The number of benzene rings is 1. The maximum atomic E-state index is 4.85. The molecule has 2 nitrogen and oxygen atoms in total. The van der Waals surface area contributed by atoms with Crippen molar-refractivity contribution in [2.45, 2.75) is 46.1 Å². The summed E-state index contributed by atoms with van der Waals surface area (Å²) in [4.78, 5) is 6.19. The van der Waals surface area contributed by atoms with Gasteiger partial charge >= 0.3 is 0 Å². The van der Waals surface area contributed by atoms with Gasteiger partial charge in [-0.3, -0.25) is 0 Å². The Morgan fingerprint density at radius 3 is 2.60 bits per heavy atom. The van der Waals surface area contributed by atoms with Crippen LogP contribution in [0.4, 0.5) is 0 Å². The molecule has 1 aromatic carbocycles. The molecule has 0 bridgehead atoms. The SMILES string of the molecule is CCCCc1nc(CNCCC)c(-c2ccccc2)s1. The number of nitrogens with zero attached hydrogens (tertiary/aromatic N) is 1. The van der Waals surface area contributed by atoms with Crippen molar-refractivity contribution in [3.8, 4) is 10.4 Å². The fourth-order valence-corrected chi connectivity index (χ4v) is 3.28. The highest BCUT2D eigenvalue weighted by molar-refractivity contribution is 7.15. The van der Waals surface area contributed by atoms with Crippen LogP contribution < -0.4 is 5.32 Å². The van der Waals surface area contributed by atoms with Crippen LogP contribution in [0.5, 0.6) is 0 Å². The minimum atomic E-state index is 0.876. The van der Waals surface area contributed by atoms with Crippen molar-refractivity contribution < 1.29 is 0 Å². The fraction of sp³-hybridized carbons (Fsp3) is 0.471. The summed E-state index contributed by atoms with van der Waals surface area (Å²) in [5.74, 6) is 0. The van der Waals surface area contributed by atoms with Crippen molar-refractivity contribution in [1.82, 2.24) is 10.3 Å². The van der Waals surface area contributed by atoms with Crippen molar-refractivity contribution in [2.75, 3.05) is 6.54 Å². The number of aromatic nitrogens is 1. The molecule has 1 N–H and O–H groups in total. The van der Waals surface area contributed by atoms with Crippen LogP contribution in [0.25, 0.3) is 10.4 Å². The maximum Gasteiger partial charge on any atom is 0.0935 e. The van der Waals surface area contributed by atoms with E-state index in [0.29, 0.717) is 0 Å². The van der Waals surface area contributed by atoms with Crippen LogP contribution in [0.3, 0.4) is 0 Å². The molecule has 0 saturated carbocycles. The molecule has 20 heavy (non-hydrogen) atoms. The second-order valence-electron chi connectivity index (χ2n) is 5.03. The van der Waals surface area contributed by atoms with Crippen LogP contribution in [0.1, 0.15) is 43.8 Å². The van der Waals surface area contributed by atoms with Gasteiger partial charge in [0.05, 0.1) is 15.6 Å². The lowest BCUT2D eigenvalue weighted by Crippen LogP contribution is -2.14. The standard InChI is InChI=1S/C17H24N2S/c1-3-5-11-16-19-15(13-18-12-4-2)17(20-16)14-9-7-6-8-10-14/h6-10,18H,3-5,11-13H2,1-2H3. The maximum absolute atomic E-state index is 4.85. The molecule has 0 fully saturated rings. The molecule has 0 amide bonds. The minimum Gasteiger partial charge on any atom is -0.311 e. The normalized spacial score (nSPS) is 10.9. The van der Waals surface area contributed by atoms with Crippen LogP contribution in [-0.4, -0.2) is 11.5 Å². The third kappa shape index (κ3) is 4.15. The molecule has 0 atom stereocenters. The van der Waals surface area contributed by atoms with Crippen LogP contribution >= 0.6 is 11.3 Å². The number of hydrogen-bond acceptors (Lipinski definition) is 3. The minimum absolute atomic E-state index is 0.876. The molecule has 2 aromatic rings. The van der Waals surface area contributed by atoms with Crippen LogP contribution in [0, 0.1) is 0 Å². The van der Waals surface area contributed by atoms with E-state index in [1.165, 1.54) is 34.0 Å². The summed E-state index contributed by atoms with van der Waals surface area (Å²) in [5.41, 5.74) is 2.50. The topological polar surface area (TPSA) is 24.9 Å². The zero-order valence-corrected chi connectivity index (χ0v) is 13.3. The van der Waals surface area contributed by atoms with Gasteiger partial charge < -0.3 is 5.32 Å². The molecule has 3 heteroatoms. The lowest BCUT2D eigenvalue weighted by Gasteiger charge is -2.03. The highest BCUT2D eigenvalue weighted by Crippen LogP contribution is 2.31. The van der Waals surface area contributed by atoms with E-state index >= 15 is 0 Å². The first-order valence-electron chi connectivity index (χ1n) is 7.59. The van der Waals surface area contributed by atoms with E-state index in [2.05, 4.69) is 49.5 Å². The summed E-state index contributed by atoms with van der Waals surface area (Å²) in [6.45, 7) is 6.35. The molecule has 0 radical (unpaired) electrons. The van der Waals surface area contributed by atoms with E-state index in [9.17, 15) is 0 Å². The lowest BCUT2D eigenvalue weighted by molar-refractivity contribution is 0.664. The Balaban J connectivity index is 2.20. The monoisotopic (exact) mass is 288 g/mol. The van der Waals surface area contributed by atoms with Gasteiger partial charge in [0.15, 0.2) is 0 Å². The Morgan fingerprint density at radius 1 is 1.10 bits per heavy atom. The van der Waals surface area contributed by atoms with Crippen molar-refractivity contribution in [1.29, 1.82) is 0 Å². The fourth-order valence-electron chi connectivity index (χ4n) is 2.15. The van der Waals surface area contributed by atoms with E-state index in [4.69, 9.17) is 4.98 Å². The Kier molecular flexibility index (Phi) is 6.22. The quantitative estimate of drug-likeness (QED) is 0.715. The van der Waals surface area contributed by atoms with E-state index in [-0.39, 0.29) is 0 Å². The predicted molar refractivity (Wildman–Crippen MR) is 88.2 cm³/mol. The molecular formula is C17H24N2S. The molecule has 0 spiro atoms. The predicted octanol–water partition coefficient (Wildman–Crippen LogP) is 4.65. The number of unbranched alkanes of at least 4 members (excludes halogenated alkanes) is 1. The largest absolute Gasteiger partial charge is 0.311 e. The molecule has 1 heterocycles. The summed E-state index contributed by atoms with van der Waals surface area (Å²) < 4.78 is 0. The average Bonchev–Trinajstić information content (AvgIpc) is 2.89. The molecule has 0 aliphatic heterocycles. The first kappa shape index (κ1) is 15.2. The van der Waals surface area contributed by atoms with E-state index < -0.39 is 0 Å². The van der Waals surface area contributed by atoms with Gasteiger partial charge in [-0.05, 0) is 31.4 Å². The van der Waals surface area contributed by atoms with Crippen LogP contribution in [0.2, 0.25) is 0 Å². The van der Waals surface area contributed by atoms with Gasteiger partial charge in [0.2, 0.25) is 0 Å². The highest BCUT2D eigenvalue weighted by Gasteiger charge is 2.12. The van der Waals surface area contributed by atoms with Crippen molar-refractivity contribution in [2.24, 2.45) is 0 Å². The smallest absolute Gasteiger partial charge is 0.0935 e. The zero-order valence-electron chi connectivity index (χ0n) is 12.5. The molecule has 0 unspecified atom stereocenters. The van der Waals surface area contributed by atoms with Crippen molar-refractivity contribution in [3.63, 3.8) is 0 Å². The third-order valence-electron chi connectivity index (χ3n) is 3.24. The molecule has 2 rings (SSSR count). The Bertz CT molecular complexity index is 505. The van der Waals surface area contributed by atoms with Gasteiger partial charge in [-0.1, -0.05) is 50.6 Å². The molecule has 1 aromatic heterocycles. The van der Waals surface area contributed by atoms with E-state index in [1.54, 1.807) is 0 Å². The Morgan fingerprint density at radius 2 is 1.90 bits per heavy atom. The molecular weight excluding hydrogens is 264 g/mol. The highest BCUT2D eigenvalue weighted by atomic mass is 32.1. The van der Waals surface area contributed by atoms with Crippen LogP contribution in [0.15, 0.2) is 30.3 Å². The van der Waals surface area contributed by atoms with Gasteiger partial charge in [-0.25, -0.2) is 4.98 Å². The number of hydrogen-bond donors (Lipinski definition) is 1. The summed E-state index contributed by atoms with van der Waals surface area (Å²) in [6, 6.07) is 10.6. The van der Waals surface area contributed by atoms with Gasteiger partial charge in [-0.15, -0.1) is 11.3 Å². The average molecular weight is 288 g/mol. The van der Waals surface area contributed by atoms with E-state index in [0.717, 1.165) is 25.9 Å². The summed E-state index contributed by atoms with van der Waals surface area (Å²) in [6.07, 6.45) is 4.72. The van der Waals surface area contributed by atoms with Gasteiger partial charge in [0.1, 0.15) is 0 Å². The first-order chi connectivity index (χ1) is 9.85. The van der Waals surface area contributed by atoms with E-state index in [1.807, 2.05) is 11.3 Å². The Labute approximate surface area is 126 Å². The Hall–Kier alpha value is -1.19. The van der Waals surface area contributed by atoms with Gasteiger partial charge in [-0.2, -0.15) is 0 Å².